The number of rotatable bonds is 3. The summed E-state index contributed by atoms with van der Waals surface area (Å²) >= 11 is 0. The van der Waals surface area contributed by atoms with Crippen LogP contribution in [-0.2, 0) is 4.74 Å². The van der Waals surface area contributed by atoms with Crippen LogP contribution in [0.3, 0.4) is 0 Å². The molecule has 4 bridgehead atoms. The molecule has 4 aliphatic rings. The summed E-state index contributed by atoms with van der Waals surface area (Å²) in [4.78, 5) is 11.4. The Morgan fingerprint density at radius 3 is 2.22 bits per heavy atom. The first-order chi connectivity index (χ1) is 11.1. The molecule has 0 heterocycles. The number of carbonyl (C=O) groups is 1. The van der Waals surface area contributed by atoms with E-state index in [4.69, 9.17) is 4.74 Å². The van der Waals surface area contributed by atoms with E-state index < -0.39 is 0 Å². The van der Waals surface area contributed by atoms with E-state index in [0.717, 1.165) is 11.8 Å². The zero-order valence-corrected chi connectivity index (χ0v) is 13.3. The molecule has 0 aromatic heterocycles. The molecular formula is C19H22O4. The number of ether oxygens (including phenoxy) is 1. The lowest BCUT2D eigenvalue weighted by Crippen LogP contribution is -2.41. The average molecular weight is 314 g/mol. The second kappa shape index (κ2) is 5.29. The fourth-order valence-electron chi connectivity index (χ4n) is 5.38. The molecule has 0 atom stereocenters. The van der Waals surface area contributed by atoms with Gasteiger partial charge in [0.2, 0.25) is 0 Å². The molecule has 2 N–H and O–H groups in total. The maximum absolute atomic E-state index is 11.4. The van der Waals surface area contributed by atoms with Gasteiger partial charge >= 0.3 is 0 Å². The Morgan fingerprint density at radius 2 is 1.70 bits per heavy atom. The van der Waals surface area contributed by atoms with Crippen molar-refractivity contribution in [3.63, 3.8) is 0 Å². The number of aldehydes is 1. The van der Waals surface area contributed by atoms with Crippen LogP contribution >= 0.6 is 0 Å². The second-order valence-electron chi connectivity index (χ2n) is 7.34. The molecule has 0 amide bonds. The molecule has 0 aliphatic heterocycles. The number of phenolic OH excluding ortho intramolecular Hbond substituents is 2. The molecule has 0 radical (unpaired) electrons. The fraction of sp³-hybridized carbons (Fsp3) is 0.526. The lowest BCUT2D eigenvalue weighted by atomic mass is 9.54. The highest BCUT2D eigenvalue weighted by Crippen LogP contribution is 2.58. The summed E-state index contributed by atoms with van der Waals surface area (Å²) in [5.74, 6) is 3.14. The summed E-state index contributed by atoms with van der Waals surface area (Å²) < 4.78 is 5.71. The predicted octanol–water partition coefficient (Wildman–Crippen LogP) is 3.72. The third kappa shape index (κ3) is 2.23. The number of allylic oxidation sites excluding steroid dienone is 1. The predicted molar refractivity (Wildman–Crippen MR) is 86.1 cm³/mol. The van der Waals surface area contributed by atoms with Crippen molar-refractivity contribution in [2.75, 3.05) is 7.11 Å². The minimum absolute atomic E-state index is 0.0536. The monoisotopic (exact) mass is 314 g/mol. The highest BCUT2D eigenvalue weighted by molar-refractivity contribution is 5.89. The van der Waals surface area contributed by atoms with Gasteiger partial charge in [-0.05, 0) is 67.4 Å². The maximum atomic E-state index is 11.4. The highest BCUT2D eigenvalue weighted by Gasteiger charge is 2.47. The summed E-state index contributed by atoms with van der Waals surface area (Å²) in [6, 6.07) is 2.72. The van der Waals surface area contributed by atoms with Crippen molar-refractivity contribution in [3.8, 4) is 11.5 Å². The lowest BCUT2D eigenvalue weighted by Gasteiger charge is -2.51. The Bertz CT molecular complexity index is 659. The molecule has 4 fully saturated rings. The third-order valence-electron chi connectivity index (χ3n) is 5.99. The van der Waals surface area contributed by atoms with Crippen molar-refractivity contribution in [2.24, 2.45) is 23.7 Å². The van der Waals surface area contributed by atoms with Crippen molar-refractivity contribution in [1.82, 2.24) is 0 Å². The standard InChI is InChI=1S/C19H22O4/c1-23-19(15-7-14(21)8-17(22)16(15)9-20)18-12-3-10-2-11(5-12)6-13(18)4-10/h7-13,21-22H,2-6H2,1H3. The molecule has 23 heavy (non-hydrogen) atoms. The molecule has 5 rings (SSSR count). The van der Waals surface area contributed by atoms with Crippen molar-refractivity contribution in [2.45, 2.75) is 32.1 Å². The highest BCUT2D eigenvalue weighted by atomic mass is 16.5. The molecule has 4 nitrogen and oxygen atoms in total. The van der Waals surface area contributed by atoms with Crippen LogP contribution in [0.5, 0.6) is 11.5 Å². The van der Waals surface area contributed by atoms with Gasteiger partial charge < -0.3 is 14.9 Å². The molecular weight excluding hydrogens is 292 g/mol. The van der Waals surface area contributed by atoms with Gasteiger partial charge in [0.05, 0.1) is 12.7 Å². The molecule has 122 valence electrons. The fourth-order valence-corrected chi connectivity index (χ4v) is 5.38. The molecule has 4 aliphatic carbocycles. The number of methoxy groups -OCH3 is 1. The molecule has 0 spiro atoms. The van der Waals surface area contributed by atoms with Crippen LogP contribution < -0.4 is 0 Å². The van der Waals surface area contributed by atoms with Crippen LogP contribution in [0.25, 0.3) is 5.76 Å². The first kappa shape index (κ1) is 14.6. The quantitative estimate of drug-likeness (QED) is 0.659. The van der Waals surface area contributed by atoms with Crippen LogP contribution in [0.15, 0.2) is 17.7 Å². The number of benzene rings is 1. The number of phenols is 2. The van der Waals surface area contributed by atoms with Gasteiger partial charge in [-0.1, -0.05) is 0 Å². The van der Waals surface area contributed by atoms with Gasteiger partial charge in [0, 0.05) is 11.6 Å². The first-order valence-electron chi connectivity index (χ1n) is 8.40. The van der Waals surface area contributed by atoms with Gasteiger partial charge in [0.15, 0.2) is 6.29 Å². The van der Waals surface area contributed by atoms with Gasteiger partial charge in [0.1, 0.15) is 17.3 Å². The largest absolute Gasteiger partial charge is 0.508 e. The van der Waals surface area contributed by atoms with Gasteiger partial charge in [-0.2, -0.15) is 0 Å². The number of hydrogen-bond donors (Lipinski definition) is 2. The maximum Gasteiger partial charge on any atom is 0.154 e. The van der Waals surface area contributed by atoms with Crippen molar-refractivity contribution < 1.29 is 19.7 Å². The lowest BCUT2D eigenvalue weighted by molar-refractivity contribution is 0.0675. The van der Waals surface area contributed by atoms with Gasteiger partial charge in [-0.15, -0.1) is 0 Å². The summed E-state index contributed by atoms with van der Waals surface area (Å²) in [5, 5.41) is 19.9. The van der Waals surface area contributed by atoms with E-state index in [9.17, 15) is 15.0 Å². The smallest absolute Gasteiger partial charge is 0.154 e. The topological polar surface area (TPSA) is 66.8 Å². The van der Waals surface area contributed by atoms with Crippen LogP contribution in [0.2, 0.25) is 0 Å². The minimum Gasteiger partial charge on any atom is -0.508 e. The van der Waals surface area contributed by atoms with Crippen LogP contribution in [0.1, 0.15) is 48.0 Å². The van der Waals surface area contributed by atoms with E-state index in [1.807, 2.05) is 0 Å². The van der Waals surface area contributed by atoms with Gasteiger partial charge in [-0.25, -0.2) is 0 Å². The summed E-state index contributed by atoms with van der Waals surface area (Å²) in [5.41, 5.74) is 2.01. The SMILES string of the molecule is COC(=C1C2CC3CC(C2)CC1C3)c1cc(O)cc(O)c1C=O. The molecule has 1 aromatic rings. The van der Waals surface area contributed by atoms with Gasteiger partial charge in [0.25, 0.3) is 0 Å². The molecule has 0 unspecified atom stereocenters. The molecule has 4 saturated carbocycles. The number of hydrogen-bond acceptors (Lipinski definition) is 4. The summed E-state index contributed by atoms with van der Waals surface area (Å²) in [6.07, 6.45) is 6.83. The van der Waals surface area contributed by atoms with E-state index in [1.54, 1.807) is 7.11 Å². The van der Waals surface area contributed by atoms with E-state index in [1.165, 1.54) is 49.8 Å². The van der Waals surface area contributed by atoms with Crippen LogP contribution in [-0.4, -0.2) is 23.6 Å². The third-order valence-corrected chi connectivity index (χ3v) is 5.99. The Balaban J connectivity index is 1.88. The normalized spacial score (nSPS) is 31.3. The van der Waals surface area contributed by atoms with E-state index in [0.29, 0.717) is 29.4 Å². The van der Waals surface area contributed by atoms with Crippen molar-refractivity contribution in [1.29, 1.82) is 0 Å². The Morgan fingerprint density at radius 1 is 1.09 bits per heavy atom. The van der Waals surface area contributed by atoms with Crippen molar-refractivity contribution in [3.05, 3.63) is 28.8 Å². The van der Waals surface area contributed by atoms with Crippen LogP contribution in [0.4, 0.5) is 0 Å². The zero-order chi connectivity index (χ0) is 16.1. The first-order valence-corrected chi connectivity index (χ1v) is 8.40. The zero-order valence-electron chi connectivity index (χ0n) is 13.3. The summed E-state index contributed by atoms with van der Waals surface area (Å²) in [7, 11) is 1.61. The second-order valence-corrected chi connectivity index (χ2v) is 7.34. The molecule has 1 aromatic carbocycles. The molecule has 4 heteroatoms. The molecule has 0 saturated heterocycles. The number of aromatic hydroxyl groups is 2. The Labute approximate surface area is 135 Å². The average Bonchev–Trinajstić information content (AvgIpc) is 2.49. The van der Waals surface area contributed by atoms with E-state index >= 15 is 0 Å². The Hall–Kier alpha value is -1.97. The van der Waals surface area contributed by atoms with Gasteiger partial charge in [-0.3, -0.25) is 4.79 Å². The minimum atomic E-state index is -0.200. The Kier molecular flexibility index (Phi) is 3.36. The van der Waals surface area contributed by atoms with Crippen LogP contribution in [0, 0.1) is 23.7 Å². The number of carbonyl (C=O) groups excluding carboxylic acids is 1. The van der Waals surface area contributed by atoms with Crippen molar-refractivity contribution >= 4 is 12.0 Å². The summed E-state index contributed by atoms with van der Waals surface area (Å²) in [6.45, 7) is 0. The van der Waals surface area contributed by atoms with E-state index in [2.05, 4.69) is 0 Å². The van der Waals surface area contributed by atoms with E-state index in [-0.39, 0.29) is 17.1 Å².